The third-order valence-corrected chi connectivity index (χ3v) is 2.46. The Morgan fingerprint density at radius 2 is 0.583 bits per heavy atom. The summed E-state index contributed by atoms with van der Waals surface area (Å²) in [5, 5.41) is 0. The van der Waals surface area contributed by atoms with Crippen LogP contribution in [0.3, 0.4) is 0 Å². The van der Waals surface area contributed by atoms with Crippen LogP contribution in [0.4, 0.5) is 70.1 Å². The van der Waals surface area contributed by atoms with Gasteiger partial charge in [-0.2, -0.15) is 43.9 Å². The van der Waals surface area contributed by atoms with Gasteiger partial charge in [-0.15, -0.1) is 0 Å². The minimum Gasteiger partial charge on any atom is -0.469 e. The molecule has 0 aliphatic carbocycles. The van der Waals surface area contributed by atoms with E-state index in [0.717, 1.165) is 0 Å². The molecule has 0 atom stereocenters. The minimum atomic E-state index is -9.25. The van der Waals surface area contributed by atoms with Crippen molar-refractivity contribution in [3.8, 4) is 0 Å². The molecule has 0 amide bonds. The Bertz CT molecular complexity index is 404. The maximum atomic E-state index is 12.6. The summed E-state index contributed by atoms with van der Waals surface area (Å²) >= 11 is 0. The first-order chi connectivity index (χ1) is 9.50. The molecule has 0 unspecified atom stereocenters. The van der Waals surface area contributed by atoms with Crippen molar-refractivity contribution < 1.29 is 121 Å². The summed E-state index contributed by atoms with van der Waals surface area (Å²) in [5.74, 6) is -32.6. The van der Waals surface area contributed by atoms with Gasteiger partial charge in [-0.3, -0.25) is 0 Å². The van der Waals surface area contributed by atoms with E-state index in [-0.39, 0.29) is 51.4 Å². The van der Waals surface area contributed by atoms with E-state index in [0.29, 0.717) is 0 Å². The van der Waals surface area contributed by atoms with E-state index >= 15 is 0 Å². The molecule has 140 valence electrons. The summed E-state index contributed by atoms with van der Waals surface area (Å²) in [6.07, 6.45) is -15.3. The molecular weight excluding hydrogens is 426 g/mol. The van der Waals surface area contributed by atoms with Crippen LogP contribution in [0.5, 0.6) is 0 Å². The Kier molecular flexibility index (Phi) is 7.41. The van der Waals surface area contributed by atoms with E-state index in [2.05, 4.69) is 0 Å². The monoisotopic (exact) mass is 426 g/mol. The van der Waals surface area contributed by atoms with Gasteiger partial charge in [0.15, 0.2) is 0 Å². The van der Waals surface area contributed by atoms with Crippen molar-refractivity contribution in [2.75, 3.05) is 0 Å². The van der Waals surface area contributed by atoms with Gasteiger partial charge in [0.05, 0.1) is 0 Å². The molecule has 0 saturated heterocycles. The van der Waals surface area contributed by atoms with Crippen molar-refractivity contribution in [2.45, 2.75) is 35.8 Å². The van der Waals surface area contributed by atoms with E-state index < -0.39 is 42.5 Å². The summed E-state index contributed by atoms with van der Waals surface area (Å²) < 4.78 is 194. The summed E-state index contributed by atoms with van der Waals surface area (Å²) in [6.45, 7) is -9.25. The molecule has 0 aliphatic heterocycles. The molecular formula is C6BF16K. The third-order valence-electron chi connectivity index (χ3n) is 2.46. The molecule has 18 heteroatoms. The maximum absolute atomic E-state index is 12.6. The topological polar surface area (TPSA) is 0 Å². The molecule has 0 aliphatic rings. The first-order valence-corrected chi connectivity index (χ1v) is 4.66. The fraction of sp³-hybridized carbons (Fsp3) is 1.00. The number of hydrogen-bond acceptors (Lipinski definition) is 0. The Labute approximate surface area is 163 Å². The molecule has 0 fully saturated rings. The summed E-state index contributed by atoms with van der Waals surface area (Å²) in [4.78, 5) is 0. The van der Waals surface area contributed by atoms with Crippen molar-refractivity contribution >= 4 is 6.70 Å². The number of hydrogen-bond donors (Lipinski definition) is 0. The average molecular weight is 426 g/mol. The van der Waals surface area contributed by atoms with Crippen LogP contribution < -0.4 is 51.4 Å². The molecule has 0 nitrogen and oxygen atoms in total. The van der Waals surface area contributed by atoms with Crippen LogP contribution in [0.2, 0.25) is 0 Å². The zero-order chi connectivity index (χ0) is 19.5. The van der Waals surface area contributed by atoms with Crippen LogP contribution in [0.25, 0.3) is 0 Å². The molecule has 0 saturated carbocycles. The number of rotatable bonds is 4. The minimum absolute atomic E-state index is 0. The second-order valence-corrected chi connectivity index (χ2v) is 4.05. The Morgan fingerprint density at radius 1 is 0.417 bits per heavy atom. The van der Waals surface area contributed by atoms with E-state index in [1.165, 1.54) is 0 Å². The Morgan fingerprint density at radius 3 is 0.708 bits per heavy atom. The maximum Gasteiger partial charge on any atom is 1.00 e. The quantitative estimate of drug-likeness (QED) is 0.478. The summed E-state index contributed by atoms with van der Waals surface area (Å²) in [5.41, 5.74) is 0. The SMILES string of the molecule is F[B-](F)(C(F)(F)C(F)(F)C(F)(F)F)C(F)(F)C(F)(F)C(F)(F)F.[K+]. The normalized spacial score (nSPS) is 16.0. The van der Waals surface area contributed by atoms with E-state index in [1.54, 1.807) is 0 Å². The molecule has 0 aromatic heterocycles. The van der Waals surface area contributed by atoms with Gasteiger partial charge in [-0.05, 0) is 0 Å². The van der Waals surface area contributed by atoms with Crippen molar-refractivity contribution in [2.24, 2.45) is 0 Å². The Hall–Kier alpha value is 0.581. The van der Waals surface area contributed by atoms with Gasteiger partial charge in [-0.1, -0.05) is 0 Å². The fourth-order valence-corrected chi connectivity index (χ4v) is 1.06. The fourth-order valence-electron chi connectivity index (χ4n) is 1.06. The molecule has 0 spiro atoms. The molecule has 0 rings (SSSR count). The molecule has 0 bridgehead atoms. The summed E-state index contributed by atoms with van der Waals surface area (Å²) in [6, 6.07) is 0. The molecule has 0 heterocycles. The van der Waals surface area contributed by atoms with Crippen molar-refractivity contribution in [3.63, 3.8) is 0 Å². The first kappa shape index (κ1) is 26.8. The molecule has 0 aromatic carbocycles. The van der Waals surface area contributed by atoms with Gasteiger partial charge < -0.3 is 8.63 Å². The second-order valence-electron chi connectivity index (χ2n) is 4.05. The summed E-state index contributed by atoms with van der Waals surface area (Å²) in [7, 11) is 0. The van der Waals surface area contributed by atoms with Crippen LogP contribution in [0.15, 0.2) is 0 Å². The Balaban J connectivity index is 0. The van der Waals surface area contributed by atoms with Gasteiger partial charge in [-0.25, -0.2) is 17.6 Å². The molecule has 24 heavy (non-hydrogen) atoms. The van der Waals surface area contributed by atoms with Crippen LogP contribution in [0.1, 0.15) is 0 Å². The van der Waals surface area contributed by atoms with E-state index in [9.17, 15) is 70.1 Å². The van der Waals surface area contributed by atoms with Crippen molar-refractivity contribution in [3.05, 3.63) is 0 Å². The van der Waals surface area contributed by atoms with Crippen LogP contribution in [0, 0.1) is 0 Å². The van der Waals surface area contributed by atoms with Gasteiger partial charge >= 0.3 is 82.3 Å². The zero-order valence-electron chi connectivity index (χ0n) is 10.6. The van der Waals surface area contributed by atoms with Crippen LogP contribution >= 0.6 is 0 Å². The smallest absolute Gasteiger partial charge is 0.469 e. The van der Waals surface area contributed by atoms with Crippen LogP contribution in [-0.4, -0.2) is 42.5 Å². The van der Waals surface area contributed by atoms with Gasteiger partial charge in [0.1, 0.15) is 0 Å². The van der Waals surface area contributed by atoms with E-state index in [4.69, 9.17) is 0 Å². The van der Waals surface area contributed by atoms with Gasteiger partial charge in [0.25, 0.3) is 11.6 Å². The van der Waals surface area contributed by atoms with E-state index in [1.807, 2.05) is 0 Å². The predicted octanol–water partition coefficient (Wildman–Crippen LogP) is 2.12. The average Bonchev–Trinajstić information content (AvgIpc) is 2.24. The van der Waals surface area contributed by atoms with Gasteiger partial charge in [0, 0.05) is 0 Å². The van der Waals surface area contributed by atoms with Crippen LogP contribution in [-0.2, 0) is 0 Å². The predicted molar refractivity (Wildman–Crippen MR) is 39.9 cm³/mol. The van der Waals surface area contributed by atoms with Crippen molar-refractivity contribution in [1.82, 2.24) is 0 Å². The third kappa shape index (κ3) is 3.53. The second kappa shape index (κ2) is 6.63. The van der Waals surface area contributed by atoms with Gasteiger partial charge in [0.2, 0.25) is 0 Å². The van der Waals surface area contributed by atoms with Crippen molar-refractivity contribution in [1.29, 1.82) is 0 Å². The molecule has 0 radical (unpaired) electrons. The molecule has 0 N–H and O–H groups in total. The standard InChI is InChI=1S/C6BF16.K/c8-1(9,5(16,17)18)3(12,13)7(22,23)4(14,15)2(10,11)6(19,20)21;/q-1;+1. The molecule has 0 aromatic rings. The number of halogens is 16. The number of alkyl halides is 14. The zero-order valence-corrected chi connectivity index (χ0v) is 13.7. The largest absolute Gasteiger partial charge is 1.00 e. The first-order valence-electron chi connectivity index (χ1n) is 4.66.